The molecule has 0 rings (SSSR count). The van der Waals surface area contributed by atoms with Crippen molar-refractivity contribution in [2.45, 2.75) is 33.8 Å². The summed E-state index contributed by atoms with van der Waals surface area (Å²) < 4.78 is 0. The van der Waals surface area contributed by atoms with Crippen LogP contribution in [0.3, 0.4) is 0 Å². The highest BCUT2D eigenvalue weighted by Gasteiger charge is 2.39. The van der Waals surface area contributed by atoms with E-state index in [0.717, 1.165) is 21.8 Å². The molecule has 0 fully saturated rings. The molecule has 17 heavy (non-hydrogen) atoms. The van der Waals surface area contributed by atoms with Crippen LogP contribution in [0.25, 0.3) is 0 Å². The van der Waals surface area contributed by atoms with Gasteiger partial charge in [0.05, 0.1) is 12.7 Å². The van der Waals surface area contributed by atoms with E-state index >= 15 is 0 Å². The van der Waals surface area contributed by atoms with Gasteiger partial charge in [-0.3, -0.25) is 9.93 Å². The van der Waals surface area contributed by atoms with E-state index in [1.807, 2.05) is 13.8 Å². The van der Waals surface area contributed by atoms with Gasteiger partial charge in [-0.05, 0) is 11.0 Å². The molecule has 0 spiro atoms. The number of hydrogen-bond acceptors (Lipinski definition) is 6. The number of carbonyl (C=O) groups excluding carboxylic acids is 1. The molecule has 1 unspecified atom stereocenters. The molecule has 0 bridgehead atoms. The van der Waals surface area contributed by atoms with Gasteiger partial charge in [0.15, 0.2) is 0 Å². The summed E-state index contributed by atoms with van der Waals surface area (Å²) in [4.78, 5) is 11.3. The minimum Gasteiger partial charge on any atom is -0.396 e. The summed E-state index contributed by atoms with van der Waals surface area (Å²) in [7, 11) is 1.79. The molecule has 0 aliphatic heterocycles. The zero-order chi connectivity index (χ0) is 13.7. The lowest BCUT2D eigenvalue weighted by molar-refractivity contribution is -0.0624. The van der Waals surface area contributed by atoms with Gasteiger partial charge in [0.2, 0.25) is 0 Å². The first kappa shape index (κ1) is 17.1. The first-order valence-electron chi connectivity index (χ1n) is 5.27. The van der Waals surface area contributed by atoms with Crippen LogP contribution >= 0.6 is 21.8 Å². The maximum atomic E-state index is 11.3. The van der Waals surface area contributed by atoms with Gasteiger partial charge in [-0.25, -0.2) is 0 Å². The minimum absolute atomic E-state index is 0.112. The third-order valence-electron chi connectivity index (χ3n) is 2.70. The maximum absolute atomic E-state index is 11.3. The Balaban J connectivity index is 4.42. The first-order valence-corrected chi connectivity index (χ1v) is 7.49. The Bertz CT molecular complexity index is 260. The fourth-order valence-electron chi connectivity index (χ4n) is 1.61. The normalized spacial score (nSPS) is 14.5. The quantitative estimate of drug-likeness (QED) is 0.434. The van der Waals surface area contributed by atoms with E-state index in [0.29, 0.717) is 6.54 Å². The fourth-order valence-corrected chi connectivity index (χ4v) is 2.27. The number of hydrogen-bond donors (Lipinski definition) is 4. The summed E-state index contributed by atoms with van der Waals surface area (Å²) in [6.45, 7) is 7.46. The second-order valence-electron chi connectivity index (χ2n) is 5.36. The summed E-state index contributed by atoms with van der Waals surface area (Å²) in [6.07, 6.45) is -0.726. The zero-order valence-corrected chi connectivity index (χ0v) is 12.3. The van der Waals surface area contributed by atoms with E-state index in [9.17, 15) is 15.0 Å². The molecule has 0 aliphatic carbocycles. The molecule has 0 radical (unpaired) electrons. The molecule has 0 saturated heterocycles. The smallest absolute Gasteiger partial charge is 0.290 e. The molecular weight excluding hydrogens is 260 g/mol. The Morgan fingerprint density at radius 2 is 1.88 bits per heavy atom. The first-order chi connectivity index (χ1) is 7.67. The maximum Gasteiger partial charge on any atom is 0.290 e. The lowest BCUT2D eigenvalue weighted by Gasteiger charge is -2.40. The Kier molecular flexibility index (Phi) is 6.86. The largest absolute Gasteiger partial charge is 0.396 e. The lowest BCUT2D eigenvalue weighted by Crippen LogP contribution is -2.48. The third-order valence-corrected chi connectivity index (χ3v) is 3.83. The minimum atomic E-state index is -0.726. The van der Waals surface area contributed by atoms with E-state index in [1.54, 1.807) is 13.8 Å². The molecule has 7 heteroatoms. The van der Waals surface area contributed by atoms with Crippen molar-refractivity contribution in [3.05, 3.63) is 0 Å². The molecule has 0 aromatic carbocycles. The van der Waals surface area contributed by atoms with Crippen LogP contribution in [0.4, 0.5) is 4.79 Å². The highest BCUT2D eigenvalue weighted by Crippen LogP contribution is 2.33. The van der Waals surface area contributed by atoms with Gasteiger partial charge in [0, 0.05) is 28.2 Å². The van der Waals surface area contributed by atoms with Crippen molar-refractivity contribution in [2.75, 3.05) is 13.2 Å². The number of rotatable bonds is 6. The van der Waals surface area contributed by atoms with E-state index in [-0.39, 0.29) is 11.8 Å². The average molecular weight is 282 g/mol. The number of carbonyl (C=O) groups is 1. The van der Waals surface area contributed by atoms with Crippen molar-refractivity contribution in [3.8, 4) is 0 Å². The lowest BCUT2D eigenvalue weighted by atomic mass is 9.72. The van der Waals surface area contributed by atoms with Gasteiger partial charge in [-0.2, -0.15) is 0 Å². The summed E-state index contributed by atoms with van der Waals surface area (Å²) >= 11 is 0. The van der Waals surface area contributed by atoms with Gasteiger partial charge in [-0.1, -0.05) is 27.7 Å². The molecule has 1 amide bonds. The van der Waals surface area contributed by atoms with E-state index in [4.69, 9.17) is 5.14 Å². The molecule has 5 N–H and O–H groups in total. The SMILES string of the molecule is CC(C)(CO)C(O)C(C)(C)CNC(=O)SSN. The van der Waals surface area contributed by atoms with Gasteiger partial charge in [-0.15, -0.1) is 0 Å². The molecule has 5 nitrogen and oxygen atoms in total. The molecule has 0 aromatic heterocycles. The standard InChI is InChI=1S/C10H22N2O3S2/c1-9(2,5-12-8(15)16-17-11)7(14)10(3,4)6-13/h7,13-14H,5-6,11H2,1-4H3,(H,12,15). The number of amides is 1. The van der Waals surface area contributed by atoms with Crippen LogP contribution in [-0.4, -0.2) is 34.7 Å². The van der Waals surface area contributed by atoms with Crippen molar-refractivity contribution in [3.63, 3.8) is 0 Å². The summed E-state index contributed by atoms with van der Waals surface area (Å²) in [5.41, 5.74) is -1.13. The Hall–Kier alpha value is 0.0500. The van der Waals surface area contributed by atoms with Crippen LogP contribution in [0.1, 0.15) is 27.7 Å². The highest BCUT2D eigenvalue weighted by molar-refractivity contribution is 8.81. The van der Waals surface area contributed by atoms with Crippen LogP contribution in [0.5, 0.6) is 0 Å². The summed E-state index contributed by atoms with van der Waals surface area (Å²) in [5.74, 6) is 0. The average Bonchev–Trinajstić information content (AvgIpc) is 2.26. The number of nitrogens with two attached hydrogens (primary N) is 1. The predicted molar refractivity (Wildman–Crippen MR) is 73.4 cm³/mol. The number of nitrogens with one attached hydrogen (secondary N) is 1. The van der Waals surface area contributed by atoms with E-state index in [1.165, 1.54) is 0 Å². The molecule has 102 valence electrons. The molecule has 0 heterocycles. The highest BCUT2D eigenvalue weighted by atomic mass is 33.1. The molecule has 1 atom stereocenters. The van der Waals surface area contributed by atoms with Gasteiger partial charge in [0.1, 0.15) is 0 Å². The third kappa shape index (κ3) is 5.48. The van der Waals surface area contributed by atoms with Crippen molar-refractivity contribution < 1.29 is 15.0 Å². The zero-order valence-electron chi connectivity index (χ0n) is 10.7. The van der Waals surface area contributed by atoms with Crippen molar-refractivity contribution in [1.82, 2.24) is 5.32 Å². The van der Waals surface area contributed by atoms with Crippen LogP contribution in [-0.2, 0) is 0 Å². The van der Waals surface area contributed by atoms with Gasteiger partial charge >= 0.3 is 0 Å². The van der Waals surface area contributed by atoms with Crippen LogP contribution < -0.4 is 10.5 Å². The molecule has 0 saturated carbocycles. The monoisotopic (exact) mass is 282 g/mol. The number of aliphatic hydroxyl groups excluding tert-OH is 2. The van der Waals surface area contributed by atoms with Crippen LogP contribution in [0.2, 0.25) is 0 Å². The second-order valence-corrected chi connectivity index (χ2v) is 7.17. The Morgan fingerprint density at radius 3 is 2.29 bits per heavy atom. The molecule has 0 aliphatic rings. The second kappa shape index (κ2) is 6.84. The van der Waals surface area contributed by atoms with Gasteiger partial charge in [0.25, 0.3) is 5.24 Å². The summed E-state index contributed by atoms with van der Waals surface area (Å²) in [6, 6.07) is 0. The van der Waals surface area contributed by atoms with E-state index in [2.05, 4.69) is 5.32 Å². The Morgan fingerprint density at radius 1 is 1.35 bits per heavy atom. The summed E-state index contributed by atoms with van der Waals surface area (Å²) in [5, 5.41) is 27.0. The number of aliphatic hydroxyl groups is 2. The Labute approximate surface area is 110 Å². The molecule has 0 aromatic rings. The molecular formula is C10H22N2O3S2. The van der Waals surface area contributed by atoms with Crippen molar-refractivity contribution in [1.29, 1.82) is 0 Å². The fraction of sp³-hybridized carbons (Fsp3) is 0.900. The van der Waals surface area contributed by atoms with Gasteiger partial charge < -0.3 is 15.5 Å². The van der Waals surface area contributed by atoms with Crippen LogP contribution in [0, 0.1) is 10.8 Å². The van der Waals surface area contributed by atoms with Crippen molar-refractivity contribution >= 4 is 27.0 Å². The predicted octanol–water partition coefficient (Wildman–Crippen LogP) is 1.36. The van der Waals surface area contributed by atoms with Crippen molar-refractivity contribution in [2.24, 2.45) is 16.0 Å². The van der Waals surface area contributed by atoms with Crippen LogP contribution in [0.15, 0.2) is 0 Å². The van der Waals surface area contributed by atoms with E-state index < -0.39 is 16.9 Å². The topological polar surface area (TPSA) is 95.6 Å².